The molecule has 0 nitrogen and oxygen atoms in total. The Bertz CT molecular complexity index is 872. The van der Waals surface area contributed by atoms with Crippen molar-refractivity contribution in [1.82, 2.24) is 0 Å². The van der Waals surface area contributed by atoms with Crippen LogP contribution in [0.4, 0.5) is 0 Å². The molecule has 0 fully saturated rings. The number of allylic oxidation sites excluding steroid dienone is 4. The van der Waals surface area contributed by atoms with Crippen molar-refractivity contribution in [2.24, 2.45) is 0 Å². The molecule has 0 bridgehead atoms. The average Bonchev–Trinajstić information content (AvgIpc) is 3.07. The standard InChI is InChI=1S/C20H17.C3H6.2ClH.Zr/c1-13-7-9-18(14(13)2)16-8-10-20-17(12-16)11-15-5-3-4-6-19(15)20;1-3-2;;;/h3-8,10H,9,11H2,1-2H3;1-2H3;2*1H;/q-1;;;;. The third-order valence-corrected chi connectivity index (χ3v) is 4.68. The van der Waals surface area contributed by atoms with Gasteiger partial charge in [0.2, 0.25) is 0 Å². The van der Waals surface area contributed by atoms with Crippen molar-refractivity contribution in [2.75, 3.05) is 0 Å². The first-order valence-corrected chi connectivity index (χ1v) is 9.72. The first kappa shape index (κ1) is 23.3. The fourth-order valence-corrected chi connectivity index (χ4v) is 3.35. The van der Waals surface area contributed by atoms with E-state index in [0.29, 0.717) is 0 Å². The third kappa shape index (κ3) is 4.95. The zero-order chi connectivity index (χ0) is 17.3. The van der Waals surface area contributed by atoms with Crippen molar-refractivity contribution in [2.45, 2.75) is 40.5 Å². The quantitative estimate of drug-likeness (QED) is 0.349. The van der Waals surface area contributed by atoms with Gasteiger partial charge in [-0.2, -0.15) is 0 Å². The molecule has 0 aromatic heterocycles. The normalized spacial score (nSPS) is 13.4. The Hall–Kier alpha value is -0.747. The Labute approximate surface area is 184 Å². The van der Waals surface area contributed by atoms with E-state index in [1.807, 2.05) is 0 Å². The van der Waals surface area contributed by atoms with Gasteiger partial charge in [0.05, 0.1) is 0 Å². The van der Waals surface area contributed by atoms with Gasteiger partial charge in [-0.1, -0.05) is 52.6 Å². The minimum atomic E-state index is 0. The topological polar surface area (TPSA) is 0 Å². The van der Waals surface area contributed by atoms with Gasteiger partial charge in [-0.25, -0.2) is 0 Å². The Balaban J connectivity index is 0.000000516. The van der Waals surface area contributed by atoms with Gasteiger partial charge in [0.25, 0.3) is 0 Å². The van der Waals surface area contributed by atoms with Crippen LogP contribution in [0.15, 0.2) is 53.6 Å². The Kier molecular flexibility index (Phi) is 8.94. The maximum absolute atomic E-state index is 3.67. The Morgan fingerprint density at radius 2 is 1.62 bits per heavy atom. The number of hydrogen-bond donors (Lipinski definition) is 0. The SMILES string of the molecule is CC1=CCC(c2[c-]c3c(cc2)-c2ccccc2C3)=C1C.C[C](C)=[Zr].Cl.Cl. The van der Waals surface area contributed by atoms with E-state index in [0.717, 1.165) is 12.8 Å². The van der Waals surface area contributed by atoms with Gasteiger partial charge in [0.1, 0.15) is 0 Å². The molecule has 2 aliphatic rings. The molecular formula is C23H25Cl2Zr-. The Morgan fingerprint density at radius 1 is 0.962 bits per heavy atom. The monoisotopic (exact) mass is 461 g/mol. The molecule has 3 heteroatoms. The molecule has 0 N–H and O–H groups in total. The van der Waals surface area contributed by atoms with Gasteiger partial charge in [0, 0.05) is 0 Å². The summed E-state index contributed by atoms with van der Waals surface area (Å²) in [6.45, 7) is 8.67. The van der Waals surface area contributed by atoms with Crippen LogP contribution in [0, 0.1) is 6.07 Å². The molecule has 0 unspecified atom stereocenters. The predicted octanol–water partition coefficient (Wildman–Crippen LogP) is 6.77. The van der Waals surface area contributed by atoms with Crippen molar-refractivity contribution in [3.63, 3.8) is 0 Å². The molecule has 26 heavy (non-hydrogen) atoms. The van der Waals surface area contributed by atoms with E-state index in [1.54, 1.807) is 24.2 Å². The number of benzene rings is 2. The first-order valence-electron chi connectivity index (χ1n) is 8.50. The van der Waals surface area contributed by atoms with Crippen LogP contribution < -0.4 is 0 Å². The van der Waals surface area contributed by atoms with Gasteiger partial charge >= 0.3 is 41.3 Å². The number of rotatable bonds is 1. The maximum atomic E-state index is 3.67. The van der Waals surface area contributed by atoms with E-state index < -0.39 is 0 Å². The molecule has 0 saturated heterocycles. The molecule has 0 amide bonds. The molecule has 0 aliphatic heterocycles. The van der Waals surface area contributed by atoms with E-state index in [-0.39, 0.29) is 24.8 Å². The second kappa shape index (κ2) is 9.98. The summed E-state index contributed by atoms with van der Waals surface area (Å²) in [6, 6.07) is 16.9. The molecule has 2 aliphatic carbocycles. The van der Waals surface area contributed by atoms with Crippen LogP contribution in [0.3, 0.4) is 0 Å². The van der Waals surface area contributed by atoms with Crippen molar-refractivity contribution in [3.8, 4) is 11.1 Å². The number of hydrogen-bond acceptors (Lipinski definition) is 0. The van der Waals surface area contributed by atoms with Crippen LogP contribution in [0.1, 0.15) is 50.8 Å². The zero-order valence-electron chi connectivity index (χ0n) is 15.8. The van der Waals surface area contributed by atoms with E-state index in [9.17, 15) is 0 Å². The molecule has 2 aromatic carbocycles. The minimum absolute atomic E-state index is 0. The van der Waals surface area contributed by atoms with E-state index in [2.05, 4.69) is 76.2 Å². The molecule has 4 rings (SSSR count). The molecule has 0 saturated carbocycles. The van der Waals surface area contributed by atoms with Crippen LogP contribution in [0.5, 0.6) is 0 Å². The summed E-state index contributed by atoms with van der Waals surface area (Å²) in [5.74, 6) is 0. The fraction of sp³-hybridized carbons (Fsp3) is 0.261. The summed E-state index contributed by atoms with van der Waals surface area (Å²) in [4.78, 5) is 0. The smallest absolute Gasteiger partial charge is 0.147 e. The van der Waals surface area contributed by atoms with E-state index in [4.69, 9.17) is 0 Å². The van der Waals surface area contributed by atoms with Gasteiger partial charge < -0.3 is 0 Å². The van der Waals surface area contributed by atoms with Crippen molar-refractivity contribution in [1.29, 1.82) is 0 Å². The van der Waals surface area contributed by atoms with Crippen LogP contribution >= 0.6 is 24.8 Å². The summed E-state index contributed by atoms with van der Waals surface area (Å²) >= 11 is 1.55. The fourth-order valence-electron chi connectivity index (χ4n) is 3.35. The van der Waals surface area contributed by atoms with Gasteiger partial charge in [0.15, 0.2) is 0 Å². The molecule has 0 heterocycles. The molecule has 136 valence electrons. The van der Waals surface area contributed by atoms with Crippen LogP contribution in [0.2, 0.25) is 0 Å². The van der Waals surface area contributed by atoms with Crippen molar-refractivity contribution in [3.05, 3.63) is 76.4 Å². The predicted molar refractivity (Wildman–Crippen MR) is 115 cm³/mol. The molecular weight excluding hydrogens is 438 g/mol. The number of halogens is 2. The summed E-state index contributed by atoms with van der Waals surface area (Å²) in [6.07, 6.45) is 4.40. The molecule has 0 radical (unpaired) electrons. The summed E-state index contributed by atoms with van der Waals surface area (Å²) in [7, 11) is 0. The minimum Gasteiger partial charge on any atom is -0.147 e. The largest absolute Gasteiger partial charge is 0.147 e. The molecule has 0 atom stereocenters. The van der Waals surface area contributed by atoms with Gasteiger partial charge in [-0.3, -0.25) is 0 Å². The van der Waals surface area contributed by atoms with Crippen LogP contribution in [0.25, 0.3) is 16.7 Å². The van der Waals surface area contributed by atoms with Crippen LogP contribution in [-0.4, -0.2) is 3.21 Å². The maximum Gasteiger partial charge on any atom is -0.147 e. The zero-order valence-corrected chi connectivity index (χ0v) is 19.9. The van der Waals surface area contributed by atoms with Crippen molar-refractivity contribution < 1.29 is 24.2 Å². The van der Waals surface area contributed by atoms with Crippen molar-refractivity contribution >= 4 is 33.6 Å². The first-order chi connectivity index (χ1) is 11.5. The average molecular weight is 464 g/mol. The second-order valence-electron chi connectivity index (χ2n) is 6.79. The third-order valence-electron chi connectivity index (χ3n) is 4.68. The molecule has 0 spiro atoms. The molecule has 2 aromatic rings. The Morgan fingerprint density at radius 3 is 2.23 bits per heavy atom. The summed E-state index contributed by atoms with van der Waals surface area (Å²) in [5, 5.41) is 0. The summed E-state index contributed by atoms with van der Waals surface area (Å²) in [5.41, 5.74) is 11.1. The van der Waals surface area contributed by atoms with E-state index in [1.165, 1.54) is 47.7 Å². The van der Waals surface area contributed by atoms with E-state index >= 15 is 0 Å². The number of fused-ring (bicyclic) bond motifs is 3. The van der Waals surface area contributed by atoms with Gasteiger partial charge in [-0.15, -0.1) is 59.7 Å². The second-order valence-corrected chi connectivity index (χ2v) is 9.25. The summed E-state index contributed by atoms with van der Waals surface area (Å²) < 4.78 is 1.51. The van der Waals surface area contributed by atoms with Gasteiger partial charge in [-0.05, 0) is 32.3 Å². The van der Waals surface area contributed by atoms with Crippen LogP contribution in [-0.2, 0) is 30.7 Å².